The largest absolute Gasteiger partial charge is 0.329 e. The van der Waals surface area contributed by atoms with Crippen molar-refractivity contribution in [2.75, 3.05) is 11.9 Å². The van der Waals surface area contributed by atoms with Crippen LogP contribution in [0.5, 0.6) is 0 Å². The lowest BCUT2D eigenvalue weighted by Crippen LogP contribution is -2.31. The second-order valence-electron chi connectivity index (χ2n) is 6.55. The van der Waals surface area contributed by atoms with Crippen molar-refractivity contribution in [3.63, 3.8) is 0 Å². The molecule has 2 aromatic carbocycles. The topological polar surface area (TPSA) is 105 Å². The minimum absolute atomic E-state index is 0. The van der Waals surface area contributed by atoms with Crippen molar-refractivity contribution < 1.29 is 14.4 Å². The summed E-state index contributed by atoms with van der Waals surface area (Å²) < 4.78 is 0. The Kier molecular flexibility index (Phi) is 7.14. The van der Waals surface area contributed by atoms with E-state index in [1.54, 1.807) is 31.2 Å². The van der Waals surface area contributed by atoms with Gasteiger partial charge in [-0.1, -0.05) is 49.4 Å². The number of hydrogen-bond acceptors (Lipinski definition) is 4. The van der Waals surface area contributed by atoms with Gasteiger partial charge in [-0.25, -0.2) is 4.79 Å². The van der Waals surface area contributed by atoms with Crippen LogP contribution in [-0.4, -0.2) is 29.3 Å². The number of carbonyl (C=O) groups excluding carboxylic acids is 3. The fraction of sp³-hybridized carbons (Fsp3) is 0.250. The monoisotopic (exact) mass is 402 g/mol. The molecule has 0 saturated carbocycles. The van der Waals surface area contributed by atoms with Gasteiger partial charge in [-0.2, -0.15) is 0 Å². The molecule has 1 saturated heterocycles. The number of benzene rings is 2. The van der Waals surface area contributed by atoms with Crippen molar-refractivity contribution in [1.29, 1.82) is 0 Å². The summed E-state index contributed by atoms with van der Waals surface area (Å²) in [6.45, 7) is 1.96. The van der Waals surface area contributed by atoms with Gasteiger partial charge in [0.1, 0.15) is 0 Å². The van der Waals surface area contributed by atoms with Crippen LogP contribution in [0.15, 0.2) is 54.6 Å². The van der Waals surface area contributed by atoms with E-state index < -0.39 is 18.0 Å². The molecule has 1 aliphatic rings. The molecule has 0 aliphatic carbocycles. The molecule has 8 heteroatoms. The van der Waals surface area contributed by atoms with Gasteiger partial charge in [0.15, 0.2) is 0 Å². The molecule has 7 nitrogen and oxygen atoms in total. The Labute approximate surface area is 169 Å². The van der Waals surface area contributed by atoms with E-state index in [4.69, 9.17) is 5.73 Å². The zero-order valence-electron chi connectivity index (χ0n) is 15.4. The van der Waals surface area contributed by atoms with Crippen LogP contribution in [0.25, 0.3) is 0 Å². The number of urea groups is 1. The number of imide groups is 1. The molecule has 2 unspecified atom stereocenters. The normalized spacial score (nSPS) is 15.4. The summed E-state index contributed by atoms with van der Waals surface area (Å²) in [6, 6.07) is 15.7. The Morgan fingerprint density at radius 2 is 1.89 bits per heavy atom. The van der Waals surface area contributed by atoms with Crippen molar-refractivity contribution in [1.82, 2.24) is 10.2 Å². The Hall–Kier alpha value is -2.90. The maximum atomic E-state index is 12.6. The molecule has 0 spiro atoms. The van der Waals surface area contributed by atoms with Gasteiger partial charge in [0, 0.05) is 11.7 Å². The molecule has 1 aliphatic heterocycles. The van der Waals surface area contributed by atoms with Crippen LogP contribution in [0.3, 0.4) is 0 Å². The first kappa shape index (κ1) is 21.4. The van der Waals surface area contributed by atoms with Crippen molar-refractivity contribution >= 4 is 35.9 Å². The predicted molar refractivity (Wildman–Crippen MR) is 109 cm³/mol. The maximum absolute atomic E-state index is 12.6. The highest BCUT2D eigenvalue weighted by atomic mass is 35.5. The number of hydrogen-bond donors (Lipinski definition) is 3. The van der Waals surface area contributed by atoms with Crippen LogP contribution in [0.4, 0.5) is 10.5 Å². The molecular weight excluding hydrogens is 380 g/mol. The molecule has 3 rings (SSSR count). The van der Waals surface area contributed by atoms with Crippen LogP contribution >= 0.6 is 12.4 Å². The molecule has 0 radical (unpaired) electrons. The number of anilines is 1. The van der Waals surface area contributed by atoms with E-state index >= 15 is 0 Å². The third-order valence-electron chi connectivity index (χ3n) is 4.61. The van der Waals surface area contributed by atoms with Crippen molar-refractivity contribution in [3.05, 3.63) is 65.7 Å². The highest BCUT2D eigenvalue weighted by Gasteiger charge is 2.28. The summed E-state index contributed by atoms with van der Waals surface area (Å²) >= 11 is 0. The van der Waals surface area contributed by atoms with Gasteiger partial charge in [0.2, 0.25) is 11.8 Å². The smallest absolute Gasteiger partial charge is 0.324 e. The molecule has 1 fully saturated rings. The number of carbonyl (C=O) groups is 3. The van der Waals surface area contributed by atoms with Gasteiger partial charge in [-0.15, -0.1) is 12.4 Å². The zero-order chi connectivity index (χ0) is 19.4. The third-order valence-corrected chi connectivity index (χ3v) is 4.61. The van der Waals surface area contributed by atoms with Gasteiger partial charge in [-0.05, 0) is 23.3 Å². The maximum Gasteiger partial charge on any atom is 0.324 e. The second kappa shape index (κ2) is 9.34. The second-order valence-corrected chi connectivity index (χ2v) is 6.55. The molecule has 0 bridgehead atoms. The molecule has 0 aromatic heterocycles. The van der Waals surface area contributed by atoms with Gasteiger partial charge in [0.25, 0.3) is 0 Å². The molecule has 1 heterocycles. The molecule has 4 N–H and O–H groups in total. The summed E-state index contributed by atoms with van der Waals surface area (Å²) in [7, 11) is 0. The van der Waals surface area contributed by atoms with Crippen molar-refractivity contribution in [3.8, 4) is 0 Å². The van der Waals surface area contributed by atoms with Gasteiger partial charge < -0.3 is 16.4 Å². The highest BCUT2D eigenvalue weighted by Crippen LogP contribution is 2.21. The first-order valence-corrected chi connectivity index (χ1v) is 8.74. The van der Waals surface area contributed by atoms with Crippen LogP contribution in [0.2, 0.25) is 0 Å². The number of nitrogens with one attached hydrogen (secondary N) is 2. The van der Waals surface area contributed by atoms with Crippen molar-refractivity contribution in [2.45, 2.75) is 19.5 Å². The molecule has 4 amide bonds. The lowest BCUT2D eigenvalue weighted by Gasteiger charge is -2.20. The Balaban J connectivity index is 0.00000280. The van der Waals surface area contributed by atoms with E-state index in [-0.39, 0.29) is 37.3 Å². The Bertz CT molecular complexity index is 844. The SMILES string of the molecule is CC(C(=O)Nc1cccc(CN2C(=O)CNC2=O)c1)C(N)c1ccccc1.Cl. The molecular formula is C20H23ClN4O3. The highest BCUT2D eigenvalue weighted by molar-refractivity contribution is 6.01. The van der Waals surface area contributed by atoms with Crippen LogP contribution < -0.4 is 16.4 Å². The number of amides is 4. The summed E-state index contributed by atoms with van der Waals surface area (Å²) in [5.41, 5.74) is 8.45. The summed E-state index contributed by atoms with van der Waals surface area (Å²) in [5, 5.41) is 5.34. The minimum Gasteiger partial charge on any atom is -0.329 e. The van der Waals surface area contributed by atoms with E-state index in [0.29, 0.717) is 5.69 Å². The summed E-state index contributed by atoms with van der Waals surface area (Å²) in [6.07, 6.45) is 0. The summed E-state index contributed by atoms with van der Waals surface area (Å²) in [5.74, 6) is -0.891. The fourth-order valence-electron chi connectivity index (χ4n) is 2.93. The molecule has 2 atom stereocenters. The fourth-order valence-corrected chi connectivity index (χ4v) is 2.93. The number of nitrogens with zero attached hydrogens (tertiary/aromatic N) is 1. The average molecular weight is 403 g/mol. The Morgan fingerprint density at radius 1 is 1.18 bits per heavy atom. The van der Waals surface area contributed by atoms with E-state index in [0.717, 1.165) is 16.0 Å². The van der Waals surface area contributed by atoms with E-state index in [9.17, 15) is 14.4 Å². The molecule has 2 aromatic rings. The standard InChI is InChI=1S/C20H22N4O3.ClH/c1-13(18(21)15-7-3-2-4-8-15)19(26)23-16-9-5-6-14(10-16)12-24-17(25)11-22-20(24)27;/h2-10,13,18H,11-12,21H2,1H3,(H,22,27)(H,23,26);1H. The van der Waals surface area contributed by atoms with E-state index in [2.05, 4.69) is 10.6 Å². The number of rotatable bonds is 6. The van der Waals surface area contributed by atoms with Gasteiger partial charge in [0.05, 0.1) is 19.0 Å². The predicted octanol–water partition coefficient (Wildman–Crippen LogP) is 2.43. The van der Waals surface area contributed by atoms with Gasteiger partial charge in [-0.3, -0.25) is 14.5 Å². The minimum atomic E-state index is -0.429. The molecule has 148 valence electrons. The zero-order valence-corrected chi connectivity index (χ0v) is 16.2. The third kappa shape index (κ3) is 4.88. The van der Waals surface area contributed by atoms with Crippen LogP contribution in [0.1, 0.15) is 24.1 Å². The first-order valence-electron chi connectivity index (χ1n) is 8.74. The number of halogens is 1. The summed E-state index contributed by atoms with van der Waals surface area (Å²) in [4.78, 5) is 37.1. The lowest BCUT2D eigenvalue weighted by molar-refractivity contribution is -0.125. The molecule has 28 heavy (non-hydrogen) atoms. The van der Waals surface area contributed by atoms with Gasteiger partial charge >= 0.3 is 6.03 Å². The lowest BCUT2D eigenvalue weighted by atomic mass is 9.94. The average Bonchev–Trinajstić information content (AvgIpc) is 3.00. The quantitative estimate of drug-likeness (QED) is 0.645. The number of nitrogens with two attached hydrogens (primary N) is 1. The van der Waals surface area contributed by atoms with Crippen molar-refractivity contribution in [2.24, 2.45) is 11.7 Å². The van der Waals surface area contributed by atoms with E-state index in [1.165, 1.54) is 0 Å². The Morgan fingerprint density at radius 3 is 2.54 bits per heavy atom. The van der Waals surface area contributed by atoms with Crippen LogP contribution in [-0.2, 0) is 16.1 Å². The van der Waals surface area contributed by atoms with E-state index in [1.807, 2.05) is 30.3 Å². The first-order chi connectivity index (χ1) is 13.0. The van der Waals surface area contributed by atoms with Crippen LogP contribution in [0, 0.1) is 5.92 Å².